The SMILES string of the molecule is COc1ccc(OC(=O)c2ccc(C(=O)OC3COC4C(OC(=O)c5ccc(COOc6ccc(C)cc6)cc5)COC34)cc2)cc1. The van der Waals surface area contributed by atoms with Gasteiger partial charge in [-0.15, -0.1) is 0 Å². The van der Waals surface area contributed by atoms with E-state index in [0.717, 1.165) is 11.1 Å². The van der Waals surface area contributed by atoms with E-state index in [2.05, 4.69) is 0 Å². The van der Waals surface area contributed by atoms with Gasteiger partial charge in [0.1, 0.15) is 30.3 Å². The van der Waals surface area contributed by atoms with Crippen LogP contribution in [0.2, 0.25) is 0 Å². The van der Waals surface area contributed by atoms with E-state index < -0.39 is 42.3 Å². The van der Waals surface area contributed by atoms with Crippen LogP contribution in [0.15, 0.2) is 97.1 Å². The van der Waals surface area contributed by atoms with E-state index >= 15 is 0 Å². The molecule has 0 N–H and O–H groups in total. The van der Waals surface area contributed by atoms with Gasteiger partial charge in [-0.05, 0) is 85.3 Å². The summed E-state index contributed by atoms with van der Waals surface area (Å²) in [5, 5.41) is 0. The van der Waals surface area contributed by atoms with E-state index in [1.165, 1.54) is 24.3 Å². The quantitative estimate of drug-likeness (QED) is 0.0920. The molecule has 242 valence electrons. The molecule has 4 aromatic rings. The Labute approximate surface area is 270 Å². The summed E-state index contributed by atoms with van der Waals surface area (Å²) in [6.45, 7) is 2.36. The van der Waals surface area contributed by atoms with Gasteiger partial charge in [0.05, 0.1) is 37.0 Å². The molecule has 2 fully saturated rings. The van der Waals surface area contributed by atoms with Gasteiger partial charge in [-0.2, -0.15) is 4.89 Å². The standard InChI is InChI=1S/C36H32O11/c1-22-3-13-29(14-4-22)47-43-19-23-5-7-24(8-6-23)35(38)45-30-20-41-33-31(21-42-32(30)33)46-36(39)26-11-9-25(10-12-26)34(37)44-28-17-15-27(40-2)16-18-28/h3-18,30-33H,19-21H2,1-2H3. The molecule has 4 unspecified atom stereocenters. The average molecular weight is 641 g/mol. The molecule has 0 aliphatic carbocycles. The number of benzene rings is 4. The van der Waals surface area contributed by atoms with Crippen molar-refractivity contribution in [3.05, 3.63) is 125 Å². The summed E-state index contributed by atoms with van der Waals surface area (Å²) in [5.74, 6) is -0.113. The number of fused-ring (bicyclic) bond motifs is 1. The summed E-state index contributed by atoms with van der Waals surface area (Å²) in [5.41, 5.74) is 2.79. The molecule has 11 nitrogen and oxygen atoms in total. The lowest BCUT2D eigenvalue weighted by atomic mass is 10.1. The number of hydrogen-bond donors (Lipinski definition) is 0. The Hall–Kier alpha value is -5.23. The minimum Gasteiger partial charge on any atom is -0.497 e. The largest absolute Gasteiger partial charge is 0.497 e. The molecular weight excluding hydrogens is 608 g/mol. The molecular formula is C36H32O11. The van der Waals surface area contributed by atoms with Gasteiger partial charge in [0.15, 0.2) is 18.0 Å². The molecule has 4 aromatic carbocycles. The Morgan fingerprint density at radius 2 is 1.09 bits per heavy atom. The second kappa shape index (κ2) is 14.5. The summed E-state index contributed by atoms with van der Waals surface area (Å²) < 4.78 is 33.5. The maximum atomic E-state index is 12.9. The van der Waals surface area contributed by atoms with Crippen molar-refractivity contribution in [1.29, 1.82) is 0 Å². The topological polar surface area (TPSA) is 125 Å². The first-order chi connectivity index (χ1) is 22.9. The Kier molecular flexibility index (Phi) is 9.77. The van der Waals surface area contributed by atoms with Crippen LogP contribution in [0.3, 0.4) is 0 Å². The smallest absolute Gasteiger partial charge is 0.343 e. The van der Waals surface area contributed by atoms with Crippen LogP contribution in [0.4, 0.5) is 0 Å². The molecule has 0 saturated carbocycles. The Balaban J connectivity index is 0.959. The lowest BCUT2D eigenvalue weighted by Crippen LogP contribution is -2.36. The third-order valence-electron chi connectivity index (χ3n) is 7.70. The molecule has 2 aliphatic rings. The minimum absolute atomic E-state index is 0.0841. The number of aryl methyl sites for hydroxylation is 1. The van der Waals surface area contributed by atoms with Gasteiger partial charge in [0, 0.05) is 0 Å². The molecule has 0 amide bonds. The molecule has 0 radical (unpaired) electrons. The Morgan fingerprint density at radius 3 is 1.62 bits per heavy atom. The molecule has 0 bridgehead atoms. The third kappa shape index (κ3) is 7.78. The van der Waals surface area contributed by atoms with Crippen LogP contribution < -0.4 is 14.4 Å². The zero-order valence-electron chi connectivity index (χ0n) is 25.7. The fraction of sp³-hybridized carbons (Fsp3) is 0.250. The van der Waals surface area contributed by atoms with Crippen LogP contribution in [0.25, 0.3) is 0 Å². The number of methoxy groups -OCH3 is 1. The van der Waals surface area contributed by atoms with Crippen molar-refractivity contribution in [2.24, 2.45) is 0 Å². The Bertz CT molecular complexity index is 1680. The molecule has 47 heavy (non-hydrogen) atoms. The summed E-state index contributed by atoms with van der Waals surface area (Å²) >= 11 is 0. The van der Waals surface area contributed by atoms with Crippen molar-refractivity contribution in [2.75, 3.05) is 20.3 Å². The van der Waals surface area contributed by atoms with Crippen molar-refractivity contribution in [1.82, 2.24) is 0 Å². The van der Waals surface area contributed by atoms with E-state index in [-0.39, 0.29) is 30.9 Å². The van der Waals surface area contributed by atoms with Crippen molar-refractivity contribution < 1.29 is 52.6 Å². The predicted octanol–water partition coefficient (Wildman–Crippen LogP) is 5.28. The second-order valence-corrected chi connectivity index (χ2v) is 11.0. The van der Waals surface area contributed by atoms with Crippen LogP contribution >= 0.6 is 0 Å². The third-order valence-corrected chi connectivity index (χ3v) is 7.70. The van der Waals surface area contributed by atoms with Gasteiger partial charge in [0.2, 0.25) is 0 Å². The number of rotatable bonds is 11. The van der Waals surface area contributed by atoms with Crippen molar-refractivity contribution in [3.8, 4) is 17.2 Å². The molecule has 11 heteroatoms. The van der Waals surface area contributed by atoms with Crippen LogP contribution in [-0.4, -0.2) is 62.6 Å². The molecule has 2 saturated heterocycles. The number of esters is 3. The lowest BCUT2D eigenvalue weighted by molar-refractivity contribution is -0.217. The molecule has 0 aromatic heterocycles. The highest BCUT2D eigenvalue weighted by Gasteiger charge is 2.51. The highest BCUT2D eigenvalue weighted by atomic mass is 17.2. The van der Waals surface area contributed by atoms with Crippen LogP contribution in [-0.2, 0) is 30.4 Å². The second-order valence-electron chi connectivity index (χ2n) is 11.0. The van der Waals surface area contributed by atoms with E-state index in [1.807, 2.05) is 31.2 Å². The minimum atomic E-state index is -0.697. The summed E-state index contributed by atoms with van der Waals surface area (Å²) in [6, 6.07) is 26.8. The van der Waals surface area contributed by atoms with E-state index in [0.29, 0.717) is 22.8 Å². The highest BCUT2D eigenvalue weighted by Crippen LogP contribution is 2.31. The van der Waals surface area contributed by atoms with E-state index in [4.69, 9.17) is 38.2 Å². The Morgan fingerprint density at radius 1 is 0.617 bits per heavy atom. The molecule has 6 rings (SSSR count). The van der Waals surface area contributed by atoms with Crippen LogP contribution in [0, 0.1) is 6.92 Å². The predicted molar refractivity (Wildman–Crippen MR) is 165 cm³/mol. The maximum Gasteiger partial charge on any atom is 0.343 e. The molecule has 2 aliphatic heterocycles. The van der Waals surface area contributed by atoms with Crippen molar-refractivity contribution >= 4 is 17.9 Å². The van der Waals surface area contributed by atoms with Gasteiger partial charge in [-0.25, -0.2) is 14.4 Å². The number of carbonyl (C=O) groups excluding carboxylic acids is 3. The van der Waals surface area contributed by atoms with Crippen LogP contribution in [0.1, 0.15) is 42.2 Å². The first-order valence-corrected chi connectivity index (χ1v) is 14.9. The maximum absolute atomic E-state index is 12.9. The van der Waals surface area contributed by atoms with Gasteiger partial charge in [-0.3, -0.25) is 0 Å². The van der Waals surface area contributed by atoms with Gasteiger partial charge < -0.3 is 33.3 Å². The summed E-state index contributed by atoms with van der Waals surface area (Å²) in [6.07, 6.45) is -2.54. The highest BCUT2D eigenvalue weighted by molar-refractivity contribution is 5.94. The molecule has 4 atom stereocenters. The summed E-state index contributed by atoms with van der Waals surface area (Å²) in [7, 11) is 1.55. The van der Waals surface area contributed by atoms with E-state index in [9.17, 15) is 14.4 Å². The number of hydrogen-bond acceptors (Lipinski definition) is 11. The lowest BCUT2D eigenvalue weighted by Gasteiger charge is -2.17. The fourth-order valence-electron chi connectivity index (χ4n) is 5.09. The van der Waals surface area contributed by atoms with E-state index in [1.54, 1.807) is 55.6 Å². The van der Waals surface area contributed by atoms with Crippen molar-refractivity contribution in [3.63, 3.8) is 0 Å². The normalized spacial score (nSPS) is 19.8. The first-order valence-electron chi connectivity index (χ1n) is 14.9. The van der Waals surface area contributed by atoms with Gasteiger partial charge in [-0.1, -0.05) is 29.8 Å². The zero-order valence-corrected chi connectivity index (χ0v) is 25.7. The number of carbonyl (C=O) groups is 3. The molecule has 0 spiro atoms. The summed E-state index contributed by atoms with van der Waals surface area (Å²) in [4.78, 5) is 48.8. The molecule has 2 heterocycles. The fourth-order valence-corrected chi connectivity index (χ4v) is 5.09. The van der Waals surface area contributed by atoms with Crippen molar-refractivity contribution in [2.45, 2.75) is 37.9 Å². The number of ether oxygens (including phenoxy) is 6. The zero-order chi connectivity index (χ0) is 32.8. The van der Waals surface area contributed by atoms with Gasteiger partial charge in [0.25, 0.3) is 0 Å². The monoisotopic (exact) mass is 640 g/mol. The first kappa shape index (κ1) is 31.7. The van der Waals surface area contributed by atoms with Crippen LogP contribution in [0.5, 0.6) is 17.2 Å². The van der Waals surface area contributed by atoms with Gasteiger partial charge >= 0.3 is 17.9 Å². The average Bonchev–Trinajstić information content (AvgIpc) is 3.69.